The lowest BCUT2D eigenvalue weighted by atomic mass is 10.1. The molecule has 19 heavy (non-hydrogen) atoms. The van der Waals surface area contributed by atoms with Crippen LogP contribution in [0, 0.1) is 0 Å². The molecule has 0 aromatic heterocycles. The zero-order valence-corrected chi connectivity index (χ0v) is 11.8. The molecular weight excluding hydrogens is 289 g/mol. The van der Waals surface area contributed by atoms with Gasteiger partial charge in [0.25, 0.3) is 0 Å². The molecular formula is C13H13Cl2NO3. The smallest absolute Gasteiger partial charge is 0.337 e. The molecule has 1 aromatic rings. The van der Waals surface area contributed by atoms with Crippen LogP contribution in [-0.2, 0) is 9.53 Å². The molecule has 0 saturated heterocycles. The molecule has 0 saturated carbocycles. The summed E-state index contributed by atoms with van der Waals surface area (Å²) in [5.41, 5.74) is 1.14. The van der Waals surface area contributed by atoms with E-state index in [4.69, 9.17) is 23.2 Å². The van der Waals surface area contributed by atoms with Gasteiger partial charge in [-0.25, -0.2) is 4.79 Å². The van der Waals surface area contributed by atoms with E-state index in [0.717, 1.165) is 5.69 Å². The lowest BCUT2D eigenvalue weighted by molar-refractivity contribution is -0.136. The van der Waals surface area contributed by atoms with Crippen LogP contribution in [0.25, 0.3) is 0 Å². The Labute approximate surface area is 121 Å². The van der Waals surface area contributed by atoms with E-state index in [-0.39, 0.29) is 12.3 Å². The highest BCUT2D eigenvalue weighted by molar-refractivity contribution is 6.35. The SMILES string of the molecule is COC(=O)C1=C(O)CN(c2cc(Cl)cc(Cl)c2)CC1. The number of nitrogens with zero attached hydrogens (tertiary/aromatic N) is 1. The molecule has 0 amide bonds. The maximum Gasteiger partial charge on any atom is 0.337 e. The molecule has 1 N–H and O–H groups in total. The molecule has 0 spiro atoms. The predicted octanol–water partition coefficient (Wildman–Crippen LogP) is 3.19. The molecule has 0 unspecified atom stereocenters. The highest BCUT2D eigenvalue weighted by Gasteiger charge is 2.24. The van der Waals surface area contributed by atoms with Gasteiger partial charge in [0.05, 0.1) is 19.2 Å². The Hall–Kier alpha value is -1.39. The second-order valence-corrected chi connectivity index (χ2v) is 5.09. The Balaban J connectivity index is 2.22. The average Bonchev–Trinajstić information content (AvgIpc) is 2.36. The van der Waals surface area contributed by atoms with E-state index in [1.165, 1.54) is 7.11 Å². The number of benzene rings is 1. The molecule has 1 heterocycles. The van der Waals surface area contributed by atoms with Crippen molar-refractivity contribution in [3.8, 4) is 0 Å². The number of halogens is 2. The lowest BCUT2D eigenvalue weighted by Gasteiger charge is -2.29. The summed E-state index contributed by atoms with van der Waals surface area (Å²) in [7, 11) is 1.30. The van der Waals surface area contributed by atoms with Crippen LogP contribution < -0.4 is 4.90 Å². The van der Waals surface area contributed by atoms with E-state index < -0.39 is 5.97 Å². The fraction of sp³-hybridized carbons (Fsp3) is 0.308. The molecule has 4 nitrogen and oxygen atoms in total. The van der Waals surface area contributed by atoms with E-state index in [1.807, 2.05) is 4.90 Å². The Bertz CT molecular complexity index is 522. The van der Waals surface area contributed by atoms with Gasteiger partial charge in [-0.1, -0.05) is 23.2 Å². The van der Waals surface area contributed by atoms with Crippen LogP contribution >= 0.6 is 23.2 Å². The molecule has 1 aliphatic heterocycles. The van der Waals surface area contributed by atoms with Gasteiger partial charge in [-0.3, -0.25) is 0 Å². The minimum absolute atomic E-state index is 0.0224. The summed E-state index contributed by atoms with van der Waals surface area (Å²) < 4.78 is 4.62. The number of carbonyl (C=O) groups is 1. The molecule has 1 aliphatic rings. The third-order valence-electron chi connectivity index (χ3n) is 2.96. The van der Waals surface area contributed by atoms with Crippen molar-refractivity contribution >= 4 is 34.9 Å². The van der Waals surface area contributed by atoms with Gasteiger partial charge in [-0.2, -0.15) is 0 Å². The first kappa shape index (κ1) is 14.0. The number of ether oxygens (including phenoxy) is 1. The maximum atomic E-state index is 11.4. The van der Waals surface area contributed by atoms with Gasteiger partial charge in [0.15, 0.2) is 0 Å². The Kier molecular flexibility index (Phi) is 4.22. The largest absolute Gasteiger partial charge is 0.510 e. The van der Waals surface area contributed by atoms with E-state index in [2.05, 4.69) is 4.74 Å². The van der Waals surface area contributed by atoms with Gasteiger partial charge < -0.3 is 14.7 Å². The number of aliphatic hydroxyl groups excluding tert-OH is 1. The average molecular weight is 302 g/mol. The minimum atomic E-state index is -0.485. The second kappa shape index (κ2) is 5.72. The first-order valence-electron chi connectivity index (χ1n) is 5.71. The van der Waals surface area contributed by atoms with E-state index in [0.29, 0.717) is 28.6 Å². The monoisotopic (exact) mass is 301 g/mol. The molecule has 2 rings (SSSR count). The Morgan fingerprint density at radius 2 is 1.95 bits per heavy atom. The van der Waals surface area contributed by atoms with Crippen LogP contribution in [0.1, 0.15) is 6.42 Å². The van der Waals surface area contributed by atoms with E-state index in [1.54, 1.807) is 18.2 Å². The third-order valence-corrected chi connectivity index (χ3v) is 3.40. The number of aliphatic hydroxyl groups is 1. The number of esters is 1. The van der Waals surface area contributed by atoms with Crippen LogP contribution in [0.5, 0.6) is 0 Å². The molecule has 102 valence electrons. The summed E-state index contributed by atoms with van der Waals surface area (Å²) in [5, 5.41) is 11.0. The van der Waals surface area contributed by atoms with Crippen molar-refractivity contribution in [2.45, 2.75) is 6.42 Å². The fourth-order valence-electron chi connectivity index (χ4n) is 2.03. The van der Waals surface area contributed by atoms with Crippen LogP contribution in [0.2, 0.25) is 10.0 Å². The number of methoxy groups -OCH3 is 1. The first-order valence-corrected chi connectivity index (χ1v) is 6.47. The van der Waals surface area contributed by atoms with Crippen molar-refractivity contribution < 1.29 is 14.6 Å². The number of hydrogen-bond donors (Lipinski definition) is 1. The molecule has 6 heteroatoms. The van der Waals surface area contributed by atoms with Crippen molar-refractivity contribution in [3.63, 3.8) is 0 Å². The number of anilines is 1. The lowest BCUT2D eigenvalue weighted by Crippen LogP contribution is -2.33. The predicted molar refractivity (Wildman–Crippen MR) is 75.0 cm³/mol. The van der Waals surface area contributed by atoms with Gasteiger partial charge in [0.1, 0.15) is 5.76 Å². The van der Waals surface area contributed by atoms with E-state index in [9.17, 15) is 9.90 Å². The van der Waals surface area contributed by atoms with Gasteiger partial charge in [-0.05, 0) is 18.2 Å². The van der Waals surface area contributed by atoms with Crippen molar-refractivity contribution in [3.05, 3.63) is 39.6 Å². The topological polar surface area (TPSA) is 49.8 Å². The number of carbonyl (C=O) groups excluding carboxylic acids is 1. The van der Waals surface area contributed by atoms with Crippen LogP contribution in [0.3, 0.4) is 0 Å². The summed E-state index contributed by atoms with van der Waals surface area (Å²) in [6, 6.07) is 5.18. The summed E-state index contributed by atoms with van der Waals surface area (Å²) in [4.78, 5) is 13.3. The quantitative estimate of drug-likeness (QED) is 0.852. The second-order valence-electron chi connectivity index (χ2n) is 4.22. The molecule has 0 aliphatic carbocycles. The van der Waals surface area contributed by atoms with Gasteiger partial charge >= 0.3 is 5.97 Å². The summed E-state index contributed by atoms with van der Waals surface area (Å²) >= 11 is 11.9. The van der Waals surface area contributed by atoms with E-state index >= 15 is 0 Å². The Morgan fingerprint density at radius 3 is 2.47 bits per heavy atom. The zero-order valence-electron chi connectivity index (χ0n) is 10.3. The van der Waals surface area contributed by atoms with Crippen molar-refractivity contribution in [2.24, 2.45) is 0 Å². The van der Waals surface area contributed by atoms with Crippen molar-refractivity contribution in [1.29, 1.82) is 0 Å². The molecule has 0 atom stereocenters. The standard InChI is InChI=1S/C13H13Cl2NO3/c1-19-13(18)11-2-3-16(7-12(11)17)10-5-8(14)4-9(15)6-10/h4-6,17H,2-3,7H2,1H3. The van der Waals surface area contributed by atoms with Crippen LogP contribution in [-0.4, -0.2) is 31.3 Å². The summed E-state index contributed by atoms with van der Waals surface area (Å²) in [6.07, 6.45) is 0.419. The van der Waals surface area contributed by atoms with Crippen molar-refractivity contribution in [1.82, 2.24) is 0 Å². The number of rotatable bonds is 2. The highest BCUT2D eigenvalue weighted by Crippen LogP contribution is 2.28. The van der Waals surface area contributed by atoms with Crippen LogP contribution in [0.4, 0.5) is 5.69 Å². The maximum absolute atomic E-state index is 11.4. The number of hydrogen-bond acceptors (Lipinski definition) is 4. The van der Waals surface area contributed by atoms with Gasteiger partial charge in [-0.15, -0.1) is 0 Å². The van der Waals surface area contributed by atoms with Crippen molar-refractivity contribution in [2.75, 3.05) is 25.1 Å². The summed E-state index contributed by atoms with van der Waals surface area (Å²) in [6.45, 7) is 0.826. The fourth-order valence-corrected chi connectivity index (χ4v) is 2.55. The summed E-state index contributed by atoms with van der Waals surface area (Å²) in [5.74, 6) is -0.463. The molecule has 0 fully saturated rings. The van der Waals surface area contributed by atoms with Crippen LogP contribution in [0.15, 0.2) is 29.5 Å². The molecule has 1 aromatic carbocycles. The van der Waals surface area contributed by atoms with Gasteiger partial charge in [0.2, 0.25) is 0 Å². The first-order chi connectivity index (χ1) is 9.01. The van der Waals surface area contributed by atoms with Gasteiger partial charge in [0, 0.05) is 28.7 Å². The molecule has 0 radical (unpaired) electrons. The minimum Gasteiger partial charge on any atom is -0.510 e. The zero-order chi connectivity index (χ0) is 14.0. The normalized spacial score (nSPS) is 15.6. The third kappa shape index (κ3) is 3.14. The highest BCUT2D eigenvalue weighted by atomic mass is 35.5. The molecule has 0 bridgehead atoms. The Morgan fingerprint density at radius 1 is 1.32 bits per heavy atom.